The molecular weight excluding hydrogens is 528 g/mol. The Labute approximate surface area is 224 Å². The number of aliphatic carboxylic acids is 4. The molecule has 0 aliphatic heterocycles. The minimum absolute atomic E-state index is 0.250. The molecule has 0 aliphatic rings. The Morgan fingerprint density at radius 1 is 0.718 bits per heavy atom. The third-order valence-corrected chi connectivity index (χ3v) is 2.77. The quantitative estimate of drug-likeness (QED) is 0.0465. The van der Waals surface area contributed by atoms with Crippen LogP contribution in [0.1, 0.15) is 45.4 Å². The van der Waals surface area contributed by atoms with E-state index in [0.717, 1.165) is 51.6 Å². The Kier molecular flexibility index (Phi) is 61.9. The molecule has 0 aromatic carbocycles. The molecule has 0 amide bonds. The summed E-state index contributed by atoms with van der Waals surface area (Å²) < 4.78 is 0. The predicted molar refractivity (Wildman–Crippen MR) is 132 cm³/mol. The molecule has 21 nitrogen and oxygen atoms in total. The molecule has 0 fully saturated rings. The van der Waals surface area contributed by atoms with Gasteiger partial charge in [-0.05, 0) is 68.6 Å². The van der Waals surface area contributed by atoms with Crippen molar-refractivity contribution in [2.24, 2.45) is 21.1 Å². The van der Waals surface area contributed by atoms with Gasteiger partial charge in [-0.2, -0.15) is 0 Å². The van der Waals surface area contributed by atoms with Crippen LogP contribution < -0.4 is 27.4 Å². The summed E-state index contributed by atoms with van der Waals surface area (Å²) in [5.74, 6) is -8.02. The molecule has 0 spiro atoms. The summed E-state index contributed by atoms with van der Waals surface area (Å²) in [6.07, 6.45) is 5.89. The number of unbranched alkanes of at least 4 members (excludes halogenated alkanes) is 3. The molecule has 0 aliphatic carbocycles. The van der Waals surface area contributed by atoms with Crippen molar-refractivity contribution in [2.75, 3.05) is 45.9 Å². The number of carbonyl (C=O) groups excluding carboxylic acids is 2. The van der Waals surface area contributed by atoms with E-state index in [9.17, 15) is 0 Å². The molecule has 226 valence electrons. The number of nitrogens with two attached hydrogens (primary N) is 1. The number of carbonyl (C=O) groups is 4. The fourth-order valence-electron chi connectivity index (χ4n) is 1.18. The molecule has 39 heavy (non-hydrogen) atoms. The zero-order valence-electron chi connectivity index (χ0n) is 22.0. The van der Waals surface area contributed by atoms with Crippen molar-refractivity contribution in [1.82, 2.24) is 0 Å². The maximum absolute atomic E-state index is 9.10. The van der Waals surface area contributed by atoms with Crippen molar-refractivity contribution in [3.8, 4) is 0 Å². The van der Waals surface area contributed by atoms with E-state index in [4.69, 9.17) is 67.0 Å². The van der Waals surface area contributed by atoms with Crippen LogP contribution in [-0.2, 0) is 19.2 Å². The molecule has 0 aromatic heterocycles. The van der Waals surface area contributed by atoms with Crippen molar-refractivity contribution < 1.29 is 56.2 Å². The van der Waals surface area contributed by atoms with Gasteiger partial charge in [0.15, 0.2) is 0 Å². The van der Waals surface area contributed by atoms with Gasteiger partial charge >= 0.3 is 11.9 Å². The van der Waals surface area contributed by atoms with Crippen LogP contribution in [0.5, 0.6) is 0 Å². The zero-order chi connectivity index (χ0) is 31.7. The number of nitrogens with zero attached hydrogens (tertiary/aromatic N) is 9. The van der Waals surface area contributed by atoms with Gasteiger partial charge in [-0.1, -0.05) is 15.3 Å². The minimum Gasteiger partial charge on any atom is -0.543 e. The van der Waals surface area contributed by atoms with Gasteiger partial charge < -0.3 is 52.3 Å². The van der Waals surface area contributed by atoms with Crippen LogP contribution in [0.2, 0.25) is 0 Å². The summed E-state index contributed by atoms with van der Waals surface area (Å²) in [5.41, 5.74) is 35.9. The van der Waals surface area contributed by atoms with E-state index >= 15 is 0 Å². The lowest BCUT2D eigenvalue weighted by molar-refractivity contribution is -0.368. The molecule has 0 rings (SSSR count). The highest BCUT2D eigenvalue weighted by Crippen LogP contribution is 1.86. The van der Waals surface area contributed by atoms with Gasteiger partial charge in [0.25, 0.3) is 0 Å². The van der Waals surface area contributed by atoms with Gasteiger partial charge in [-0.25, -0.2) is 9.59 Å². The lowest BCUT2D eigenvalue weighted by Gasteiger charge is -1.97. The second kappa shape index (κ2) is 50.5. The van der Waals surface area contributed by atoms with Crippen molar-refractivity contribution in [1.29, 1.82) is 0 Å². The number of carboxylic acid groups (broad SMARTS) is 4. The van der Waals surface area contributed by atoms with E-state index < -0.39 is 23.9 Å². The largest absolute Gasteiger partial charge is 0.543 e. The summed E-state index contributed by atoms with van der Waals surface area (Å²) in [6.45, 7) is 6.29. The van der Waals surface area contributed by atoms with Gasteiger partial charge in [0.1, 0.15) is 0 Å². The van der Waals surface area contributed by atoms with Crippen LogP contribution in [0, 0.1) is 0 Å². The second-order valence-electron chi connectivity index (χ2n) is 5.98. The third kappa shape index (κ3) is 96.9. The maximum Gasteiger partial charge on any atom is 0.414 e. The van der Waals surface area contributed by atoms with Crippen molar-refractivity contribution in [3.63, 3.8) is 0 Å². The highest BCUT2D eigenvalue weighted by molar-refractivity contribution is 6.27. The van der Waals surface area contributed by atoms with Gasteiger partial charge in [-0.15, -0.1) is 0 Å². The van der Waals surface area contributed by atoms with E-state index in [1.807, 2.05) is 0 Å². The minimum atomic E-state index is -2.19. The summed E-state index contributed by atoms with van der Waals surface area (Å²) >= 11 is 0. The Hall–Kier alpha value is -4.35. The molecule has 0 bridgehead atoms. The number of carboxylic acids is 4. The first-order valence-corrected chi connectivity index (χ1v) is 11.3. The molecule has 0 radical (unpaired) electrons. The number of aliphatic hydroxyl groups excluding tert-OH is 1. The van der Waals surface area contributed by atoms with Crippen LogP contribution in [0.3, 0.4) is 0 Å². The average molecular weight is 569 g/mol. The fraction of sp³-hybridized carbons (Fsp3) is 0.778. The van der Waals surface area contributed by atoms with Crippen LogP contribution in [0.25, 0.3) is 31.3 Å². The zero-order valence-corrected chi connectivity index (χ0v) is 22.0. The number of azide groups is 3. The van der Waals surface area contributed by atoms with E-state index in [1.165, 1.54) is 0 Å². The molecule has 0 atom stereocenters. The molecule has 0 aromatic rings. The second-order valence-corrected chi connectivity index (χ2v) is 5.98. The lowest BCUT2D eigenvalue weighted by atomic mass is 10.3. The number of aliphatic hydroxyl groups is 1. The van der Waals surface area contributed by atoms with Gasteiger partial charge in [0.05, 0.1) is 25.0 Å². The number of hydrogen-bond acceptors (Lipinski definition) is 11. The molecule has 0 unspecified atom stereocenters. The van der Waals surface area contributed by atoms with E-state index in [-0.39, 0.29) is 6.61 Å². The molecular formula is C18H40N12O9. The maximum atomic E-state index is 9.10. The standard InChI is InChI=1S/3C4H10N4.2C2H2O4.C2H6O/c3*5-3-1-2-4-7-8-6;2*3-1(4)2(5)6;1-2-3/h3*1-5H2;2*(H,3,4)(H,5,6);3H,2H2,1H3. The van der Waals surface area contributed by atoms with Crippen LogP contribution in [0.4, 0.5) is 0 Å². The van der Waals surface area contributed by atoms with Gasteiger partial charge in [0.2, 0.25) is 0 Å². The molecule has 0 saturated carbocycles. The summed E-state index contributed by atoms with van der Waals surface area (Å²) in [7, 11) is 0. The molecule has 0 heterocycles. The first-order chi connectivity index (χ1) is 18.4. The van der Waals surface area contributed by atoms with Crippen molar-refractivity contribution >= 4 is 23.9 Å². The normalized spacial score (nSPS) is 7.72. The SMILES string of the molecule is CCO.O=C(O)C(=O)O.O=C([O-])C(=O)[O-].[N-]=[N+]=NCCCCN.[N-]=[N+]=NCCCC[NH3+].[N-]=[N+]=NCCCC[NH3+]. The fourth-order valence-corrected chi connectivity index (χ4v) is 1.18. The monoisotopic (exact) mass is 568 g/mol. The first kappa shape index (κ1) is 47.8. The molecule has 21 heteroatoms. The Balaban J connectivity index is -0.0000000855. The Morgan fingerprint density at radius 3 is 1.13 bits per heavy atom. The Bertz CT molecular complexity index is 632. The van der Waals surface area contributed by atoms with E-state index in [2.05, 4.69) is 41.5 Å². The predicted octanol–water partition coefficient (Wildman–Crippen LogP) is -2.69. The van der Waals surface area contributed by atoms with Crippen LogP contribution >= 0.6 is 0 Å². The number of hydrogen-bond donors (Lipinski definition) is 6. The Morgan fingerprint density at radius 2 is 0.974 bits per heavy atom. The smallest absolute Gasteiger partial charge is 0.414 e. The van der Waals surface area contributed by atoms with Crippen molar-refractivity contribution in [3.05, 3.63) is 31.3 Å². The highest BCUT2D eigenvalue weighted by atomic mass is 16.4. The molecule has 0 saturated heterocycles. The summed E-state index contributed by atoms with van der Waals surface area (Å²) in [5, 5.41) is 50.3. The summed E-state index contributed by atoms with van der Waals surface area (Å²) in [6, 6.07) is 0. The highest BCUT2D eigenvalue weighted by Gasteiger charge is 2.04. The first-order valence-electron chi connectivity index (χ1n) is 11.3. The van der Waals surface area contributed by atoms with Crippen LogP contribution in [0.15, 0.2) is 15.3 Å². The van der Waals surface area contributed by atoms with Crippen molar-refractivity contribution in [2.45, 2.75) is 45.4 Å². The van der Waals surface area contributed by atoms with Gasteiger partial charge in [-0.3, -0.25) is 0 Å². The van der Waals surface area contributed by atoms with Crippen LogP contribution in [-0.4, -0.2) is 85.1 Å². The molecule has 11 N–H and O–H groups in total. The lowest BCUT2D eigenvalue weighted by Crippen LogP contribution is -2.50. The number of quaternary nitrogens is 2. The average Bonchev–Trinajstić information content (AvgIpc) is 2.89. The topological polar surface area (TPSA) is 403 Å². The summed E-state index contributed by atoms with van der Waals surface area (Å²) in [4.78, 5) is 43.9. The van der Waals surface area contributed by atoms with E-state index in [0.29, 0.717) is 26.2 Å². The third-order valence-electron chi connectivity index (χ3n) is 2.77. The number of rotatable bonds is 12. The van der Waals surface area contributed by atoms with E-state index in [1.54, 1.807) is 6.92 Å². The van der Waals surface area contributed by atoms with Gasteiger partial charge in [0, 0.05) is 41.0 Å².